The highest BCUT2D eigenvalue weighted by Crippen LogP contribution is 2.32. The molecule has 8 heteroatoms. The maximum Gasteiger partial charge on any atom is 0.291 e. The predicted octanol–water partition coefficient (Wildman–Crippen LogP) is 4.90. The molecular weight excluding hydrogens is 371 g/mol. The van der Waals surface area contributed by atoms with Crippen LogP contribution in [0.4, 0.5) is 0 Å². The number of nitrogens with one attached hydrogen (secondary N) is 1. The van der Waals surface area contributed by atoms with Gasteiger partial charge in [-0.1, -0.05) is 55.6 Å². The van der Waals surface area contributed by atoms with E-state index < -0.39 is 5.91 Å². The summed E-state index contributed by atoms with van der Waals surface area (Å²) >= 11 is 18.3. The smallest absolute Gasteiger partial charge is 0.265 e. The maximum absolute atomic E-state index is 12.2. The Morgan fingerprint density at radius 2 is 1.79 bits per heavy atom. The molecule has 5 nitrogen and oxygen atoms in total. The van der Waals surface area contributed by atoms with Gasteiger partial charge >= 0.3 is 0 Å². The Bertz CT molecular complexity index is 783. The van der Waals surface area contributed by atoms with Crippen molar-refractivity contribution in [1.82, 2.24) is 15.2 Å². The first kappa shape index (κ1) is 18.8. The van der Waals surface area contributed by atoms with Gasteiger partial charge in [0.2, 0.25) is 0 Å². The monoisotopic (exact) mass is 386 g/mol. The number of nitrogens with zero attached hydrogens (tertiary/aromatic N) is 3. The molecule has 0 fully saturated rings. The van der Waals surface area contributed by atoms with Gasteiger partial charge in [0.15, 0.2) is 5.69 Å². The third-order valence-electron chi connectivity index (χ3n) is 2.93. The lowest BCUT2D eigenvalue weighted by Crippen LogP contribution is -2.20. The van der Waals surface area contributed by atoms with Crippen molar-refractivity contribution in [3.05, 3.63) is 44.7 Å². The standard InChI is InChI=1S/C16H17Cl3N4O/c1-9-5-13(15(24)21-20-8-16(2,3)4)22-23(9)14-11(18)6-10(17)7-12(14)19/h5-8H,1-4H3,(H,21,24)/b20-8-. The lowest BCUT2D eigenvalue weighted by molar-refractivity contribution is 0.0949. The van der Waals surface area contributed by atoms with Crippen LogP contribution in [0.25, 0.3) is 5.69 Å². The summed E-state index contributed by atoms with van der Waals surface area (Å²) in [6, 6.07) is 4.76. The van der Waals surface area contributed by atoms with Gasteiger partial charge in [-0.05, 0) is 30.5 Å². The Morgan fingerprint density at radius 3 is 2.33 bits per heavy atom. The molecule has 0 spiro atoms. The van der Waals surface area contributed by atoms with E-state index in [-0.39, 0.29) is 11.1 Å². The van der Waals surface area contributed by atoms with E-state index in [1.165, 1.54) is 4.68 Å². The molecule has 1 aromatic heterocycles. The zero-order chi connectivity index (χ0) is 18.1. The van der Waals surface area contributed by atoms with Crippen LogP contribution in [-0.4, -0.2) is 21.9 Å². The average molecular weight is 388 g/mol. The Labute approximate surface area is 155 Å². The summed E-state index contributed by atoms with van der Waals surface area (Å²) in [4.78, 5) is 12.2. The Morgan fingerprint density at radius 1 is 1.21 bits per heavy atom. The predicted molar refractivity (Wildman–Crippen MR) is 98.7 cm³/mol. The van der Waals surface area contributed by atoms with E-state index in [1.807, 2.05) is 20.8 Å². The normalized spacial score (nSPS) is 12.0. The molecule has 1 aromatic carbocycles. The fourth-order valence-corrected chi connectivity index (χ4v) is 2.87. The second-order valence-electron chi connectivity index (χ2n) is 6.37. The SMILES string of the molecule is Cc1cc(C(=O)N/N=C\C(C)(C)C)nn1-c1c(Cl)cc(Cl)cc1Cl. The van der Waals surface area contributed by atoms with Crippen molar-refractivity contribution >= 4 is 46.9 Å². The number of rotatable bonds is 3. The van der Waals surface area contributed by atoms with Crippen molar-refractivity contribution in [2.24, 2.45) is 10.5 Å². The molecule has 1 N–H and O–H groups in total. The summed E-state index contributed by atoms with van der Waals surface area (Å²) in [6.45, 7) is 7.73. The van der Waals surface area contributed by atoms with Crippen LogP contribution < -0.4 is 5.43 Å². The van der Waals surface area contributed by atoms with Crippen LogP contribution in [0.5, 0.6) is 0 Å². The zero-order valence-corrected chi connectivity index (χ0v) is 16.0. The Hall–Kier alpha value is -1.56. The molecule has 0 saturated heterocycles. The number of aryl methyl sites for hydroxylation is 1. The Kier molecular flexibility index (Phi) is 5.58. The largest absolute Gasteiger partial charge is 0.291 e. The van der Waals surface area contributed by atoms with Crippen LogP contribution >= 0.6 is 34.8 Å². The van der Waals surface area contributed by atoms with Crippen molar-refractivity contribution < 1.29 is 4.79 Å². The molecule has 0 bridgehead atoms. The van der Waals surface area contributed by atoms with Crippen molar-refractivity contribution in [3.63, 3.8) is 0 Å². The number of amides is 1. The van der Waals surface area contributed by atoms with Crippen molar-refractivity contribution in [2.75, 3.05) is 0 Å². The first-order valence-corrected chi connectivity index (χ1v) is 8.28. The Balaban J connectivity index is 2.31. The van der Waals surface area contributed by atoms with Crippen LogP contribution in [0.1, 0.15) is 37.0 Å². The van der Waals surface area contributed by atoms with Crippen LogP contribution in [0.2, 0.25) is 15.1 Å². The average Bonchev–Trinajstić information content (AvgIpc) is 2.78. The molecule has 0 aliphatic heterocycles. The van der Waals surface area contributed by atoms with Crippen molar-refractivity contribution in [3.8, 4) is 5.69 Å². The molecule has 1 heterocycles. The van der Waals surface area contributed by atoms with E-state index in [2.05, 4.69) is 15.6 Å². The molecule has 128 valence electrons. The van der Waals surface area contributed by atoms with Crippen LogP contribution in [0.3, 0.4) is 0 Å². The van der Waals surface area contributed by atoms with Gasteiger partial charge in [-0.15, -0.1) is 0 Å². The fourth-order valence-electron chi connectivity index (χ4n) is 1.89. The first-order valence-electron chi connectivity index (χ1n) is 7.14. The van der Waals surface area contributed by atoms with Gasteiger partial charge in [-0.3, -0.25) is 4.79 Å². The minimum atomic E-state index is -0.418. The second kappa shape index (κ2) is 7.13. The number of halogens is 3. The van der Waals surface area contributed by atoms with Crippen molar-refractivity contribution in [2.45, 2.75) is 27.7 Å². The summed E-state index contributed by atoms with van der Waals surface area (Å²) in [5, 5.41) is 9.31. The van der Waals surface area contributed by atoms with Crippen molar-refractivity contribution in [1.29, 1.82) is 0 Å². The van der Waals surface area contributed by atoms with Gasteiger partial charge in [0.1, 0.15) is 5.69 Å². The molecule has 0 unspecified atom stereocenters. The van der Waals surface area contributed by atoms with Gasteiger partial charge in [0, 0.05) is 16.9 Å². The second-order valence-corrected chi connectivity index (χ2v) is 7.62. The molecule has 0 saturated carbocycles. The molecule has 1 amide bonds. The van der Waals surface area contributed by atoms with E-state index in [1.54, 1.807) is 31.3 Å². The minimum Gasteiger partial charge on any atom is -0.265 e. The van der Waals surface area contributed by atoms with Crippen LogP contribution in [-0.2, 0) is 0 Å². The molecule has 0 aliphatic rings. The first-order chi connectivity index (χ1) is 11.1. The topological polar surface area (TPSA) is 59.3 Å². The molecule has 2 aromatic rings. The molecule has 0 aliphatic carbocycles. The summed E-state index contributed by atoms with van der Waals surface area (Å²) in [6.07, 6.45) is 1.65. The molecule has 24 heavy (non-hydrogen) atoms. The number of aromatic nitrogens is 2. The number of hydrazone groups is 1. The number of carbonyl (C=O) groups is 1. The maximum atomic E-state index is 12.2. The van der Waals surface area contributed by atoms with Gasteiger partial charge in [0.25, 0.3) is 5.91 Å². The quantitative estimate of drug-likeness (QED) is 0.601. The summed E-state index contributed by atoms with van der Waals surface area (Å²) in [5.41, 5.74) is 3.70. The lowest BCUT2D eigenvalue weighted by atomic mass is 9.99. The summed E-state index contributed by atoms with van der Waals surface area (Å²) < 4.78 is 1.50. The molecular formula is C16H17Cl3N4O. The summed E-state index contributed by atoms with van der Waals surface area (Å²) in [7, 11) is 0. The van der Waals surface area contributed by atoms with Crippen LogP contribution in [0, 0.1) is 12.3 Å². The molecule has 0 atom stereocenters. The highest BCUT2D eigenvalue weighted by atomic mass is 35.5. The van der Waals surface area contributed by atoms with Gasteiger partial charge < -0.3 is 0 Å². The zero-order valence-electron chi connectivity index (χ0n) is 13.7. The molecule has 2 rings (SSSR count). The minimum absolute atomic E-state index is 0.132. The number of hydrogen-bond donors (Lipinski definition) is 1. The third-order valence-corrected chi connectivity index (χ3v) is 3.73. The highest BCUT2D eigenvalue weighted by molar-refractivity contribution is 6.40. The van der Waals surface area contributed by atoms with Gasteiger partial charge in [0.05, 0.1) is 10.0 Å². The van der Waals surface area contributed by atoms with E-state index >= 15 is 0 Å². The van der Waals surface area contributed by atoms with E-state index in [4.69, 9.17) is 34.8 Å². The number of hydrogen-bond acceptors (Lipinski definition) is 3. The van der Waals surface area contributed by atoms with E-state index in [9.17, 15) is 4.79 Å². The number of carbonyl (C=O) groups excluding carboxylic acids is 1. The fraction of sp³-hybridized carbons (Fsp3) is 0.312. The van der Waals surface area contributed by atoms with E-state index in [0.29, 0.717) is 26.4 Å². The van der Waals surface area contributed by atoms with E-state index in [0.717, 1.165) is 0 Å². The summed E-state index contributed by atoms with van der Waals surface area (Å²) in [5.74, 6) is -0.418. The third kappa shape index (κ3) is 4.50. The van der Waals surface area contributed by atoms with Crippen LogP contribution in [0.15, 0.2) is 23.3 Å². The lowest BCUT2D eigenvalue weighted by Gasteiger charge is -2.10. The highest BCUT2D eigenvalue weighted by Gasteiger charge is 2.17. The molecule has 0 radical (unpaired) electrons. The number of benzene rings is 1. The van der Waals surface area contributed by atoms with Gasteiger partial charge in [-0.25, -0.2) is 10.1 Å². The van der Waals surface area contributed by atoms with Gasteiger partial charge in [-0.2, -0.15) is 10.2 Å².